The Bertz CT molecular complexity index is 311. The fourth-order valence-corrected chi connectivity index (χ4v) is 3.06. The van der Waals surface area contributed by atoms with Crippen molar-refractivity contribution in [1.29, 1.82) is 0 Å². The van der Waals surface area contributed by atoms with E-state index in [4.69, 9.17) is 0 Å². The lowest BCUT2D eigenvalue weighted by atomic mass is 9.93. The number of nitrogens with one attached hydrogen (secondary N) is 2. The molecule has 0 spiro atoms. The van der Waals surface area contributed by atoms with Crippen LogP contribution in [0.15, 0.2) is 11.6 Å². The molecule has 2 rings (SSSR count). The largest absolute Gasteiger partial charge is 0.353 e. The van der Waals surface area contributed by atoms with Crippen molar-refractivity contribution in [3.05, 3.63) is 11.6 Å². The molecule has 1 heterocycles. The Hall–Kier alpha value is -0.830. The van der Waals surface area contributed by atoms with E-state index in [-0.39, 0.29) is 17.9 Å². The van der Waals surface area contributed by atoms with Crippen molar-refractivity contribution in [2.24, 2.45) is 5.92 Å². The number of hydrogen-bond acceptors (Lipinski definition) is 2. The summed E-state index contributed by atoms with van der Waals surface area (Å²) in [5.74, 6) is 0.488. The fraction of sp³-hybridized carbons (Fsp3) is 0.812. The SMILES string of the molecule is C[C@@H](CC=C1CCCCC1)NC(=O)C1CCNCC1. The summed E-state index contributed by atoms with van der Waals surface area (Å²) in [6.07, 6.45) is 12.0. The Morgan fingerprint density at radius 2 is 2.00 bits per heavy atom. The van der Waals surface area contributed by atoms with E-state index < -0.39 is 0 Å². The van der Waals surface area contributed by atoms with E-state index in [0.29, 0.717) is 0 Å². The first-order chi connectivity index (χ1) is 9.25. The van der Waals surface area contributed by atoms with Crippen LogP contribution in [0, 0.1) is 5.92 Å². The Morgan fingerprint density at radius 3 is 2.68 bits per heavy atom. The lowest BCUT2D eigenvalue weighted by Gasteiger charge is -2.24. The molecule has 3 nitrogen and oxygen atoms in total. The standard InChI is InChI=1S/C16H28N2O/c1-13(7-8-14-5-3-2-4-6-14)18-16(19)15-9-11-17-12-10-15/h8,13,15,17H,2-7,9-12H2,1H3,(H,18,19)/t13-/m0/s1. The number of piperidine rings is 1. The van der Waals surface area contributed by atoms with Crippen molar-refractivity contribution in [3.8, 4) is 0 Å². The van der Waals surface area contributed by atoms with Crippen LogP contribution in [0.3, 0.4) is 0 Å². The van der Waals surface area contributed by atoms with Gasteiger partial charge in [0, 0.05) is 12.0 Å². The monoisotopic (exact) mass is 264 g/mol. The molecule has 0 bridgehead atoms. The molecule has 0 aromatic heterocycles. The highest BCUT2D eigenvalue weighted by molar-refractivity contribution is 5.79. The third-order valence-corrected chi connectivity index (χ3v) is 4.35. The van der Waals surface area contributed by atoms with Crippen LogP contribution in [0.5, 0.6) is 0 Å². The smallest absolute Gasteiger partial charge is 0.223 e. The summed E-state index contributed by atoms with van der Waals surface area (Å²) < 4.78 is 0. The zero-order valence-corrected chi connectivity index (χ0v) is 12.2. The molecular weight excluding hydrogens is 236 g/mol. The van der Waals surface area contributed by atoms with Crippen molar-refractivity contribution in [3.63, 3.8) is 0 Å². The zero-order valence-electron chi connectivity index (χ0n) is 12.2. The molecule has 1 saturated carbocycles. The van der Waals surface area contributed by atoms with Crippen LogP contribution in [0.2, 0.25) is 0 Å². The maximum Gasteiger partial charge on any atom is 0.223 e. The maximum absolute atomic E-state index is 12.1. The molecule has 0 aromatic rings. The Kier molecular flexibility index (Phi) is 5.90. The minimum Gasteiger partial charge on any atom is -0.353 e. The minimum atomic E-state index is 0.228. The molecule has 1 atom stereocenters. The van der Waals surface area contributed by atoms with Gasteiger partial charge in [-0.1, -0.05) is 18.1 Å². The normalized spacial score (nSPS) is 22.9. The first-order valence-corrected chi connectivity index (χ1v) is 7.94. The third-order valence-electron chi connectivity index (χ3n) is 4.35. The molecule has 108 valence electrons. The van der Waals surface area contributed by atoms with Gasteiger partial charge in [0.05, 0.1) is 0 Å². The van der Waals surface area contributed by atoms with Gasteiger partial charge in [0.15, 0.2) is 0 Å². The molecule has 1 aliphatic carbocycles. The molecule has 2 aliphatic rings. The van der Waals surface area contributed by atoms with Crippen molar-refractivity contribution in [2.75, 3.05) is 13.1 Å². The van der Waals surface area contributed by atoms with Crippen LogP contribution >= 0.6 is 0 Å². The van der Waals surface area contributed by atoms with Gasteiger partial charge in [-0.05, 0) is 65.0 Å². The van der Waals surface area contributed by atoms with E-state index in [1.807, 2.05) is 0 Å². The highest BCUT2D eigenvalue weighted by Crippen LogP contribution is 2.23. The van der Waals surface area contributed by atoms with Crippen molar-refractivity contribution in [1.82, 2.24) is 10.6 Å². The molecule has 3 heteroatoms. The van der Waals surface area contributed by atoms with E-state index in [2.05, 4.69) is 23.6 Å². The van der Waals surface area contributed by atoms with Crippen LogP contribution in [0.4, 0.5) is 0 Å². The molecule has 1 aliphatic heterocycles. The summed E-state index contributed by atoms with van der Waals surface area (Å²) in [5, 5.41) is 6.48. The number of carbonyl (C=O) groups excluding carboxylic acids is 1. The highest BCUT2D eigenvalue weighted by Gasteiger charge is 2.21. The second kappa shape index (κ2) is 7.68. The summed E-state index contributed by atoms with van der Waals surface area (Å²) >= 11 is 0. The van der Waals surface area contributed by atoms with Crippen LogP contribution in [-0.2, 0) is 4.79 Å². The van der Waals surface area contributed by atoms with Gasteiger partial charge in [0.25, 0.3) is 0 Å². The molecular formula is C16H28N2O. The van der Waals surface area contributed by atoms with E-state index in [9.17, 15) is 4.79 Å². The first kappa shape index (κ1) is 14.6. The number of carbonyl (C=O) groups is 1. The van der Waals surface area contributed by atoms with Crippen molar-refractivity contribution in [2.45, 2.75) is 64.3 Å². The van der Waals surface area contributed by atoms with E-state index in [1.165, 1.54) is 32.1 Å². The van der Waals surface area contributed by atoms with Crippen LogP contribution in [0.25, 0.3) is 0 Å². The molecule has 2 N–H and O–H groups in total. The number of hydrogen-bond donors (Lipinski definition) is 2. The second-order valence-corrected chi connectivity index (χ2v) is 6.09. The topological polar surface area (TPSA) is 41.1 Å². The van der Waals surface area contributed by atoms with E-state index >= 15 is 0 Å². The Morgan fingerprint density at radius 1 is 1.32 bits per heavy atom. The van der Waals surface area contributed by atoms with Crippen molar-refractivity contribution >= 4 is 5.91 Å². The van der Waals surface area contributed by atoms with Gasteiger partial charge >= 0.3 is 0 Å². The highest BCUT2D eigenvalue weighted by atomic mass is 16.1. The molecule has 1 saturated heterocycles. The molecule has 0 radical (unpaired) electrons. The van der Waals surface area contributed by atoms with E-state index in [0.717, 1.165) is 32.4 Å². The van der Waals surface area contributed by atoms with Gasteiger partial charge in [-0.15, -0.1) is 0 Å². The van der Waals surface area contributed by atoms with Gasteiger partial charge in [-0.3, -0.25) is 4.79 Å². The zero-order chi connectivity index (χ0) is 13.5. The van der Waals surface area contributed by atoms with Gasteiger partial charge in [0.2, 0.25) is 5.91 Å². The van der Waals surface area contributed by atoms with Gasteiger partial charge in [-0.2, -0.15) is 0 Å². The van der Waals surface area contributed by atoms with Crippen molar-refractivity contribution < 1.29 is 4.79 Å². The lowest BCUT2D eigenvalue weighted by molar-refractivity contribution is -0.126. The molecule has 19 heavy (non-hydrogen) atoms. The first-order valence-electron chi connectivity index (χ1n) is 7.94. The van der Waals surface area contributed by atoms with Crippen LogP contribution in [-0.4, -0.2) is 25.0 Å². The van der Waals surface area contributed by atoms with Gasteiger partial charge in [0.1, 0.15) is 0 Å². The predicted molar refractivity (Wildman–Crippen MR) is 79.0 cm³/mol. The molecule has 0 aromatic carbocycles. The lowest BCUT2D eigenvalue weighted by Crippen LogP contribution is -2.41. The average Bonchev–Trinajstić information content (AvgIpc) is 2.47. The predicted octanol–water partition coefficient (Wildman–Crippen LogP) is 2.77. The second-order valence-electron chi connectivity index (χ2n) is 6.09. The average molecular weight is 264 g/mol. The summed E-state index contributed by atoms with van der Waals surface area (Å²) in [5.41, 5.74) is 1.61. The summed E-state index contributed by atoms with van der Waals surface area (Å²) in [4.78, 5) is 12.1. The number of rotatable bonds is 4. The number of amides is 1. The molecule has 1 amide bonds. The Balaban J connectivity index is 1.70. The minimum absolute atomic E-state index is 0.228. The third kappa shape index (κ3) is 4.98. The van der Waals surface area contributed by atoms with Gasteiger partial charge in [-0.25, -0.2) is 0 Å². The van der Waals surface area contributed by atoms with Crippen LogP contribution in [0.1, 0.15) is 58.3 Å². The number of allylic oxidation sites excluding steroid dienone is 1. The van der Waals surface area contributed by atoms with Gasteiger partial charge < -0.3 is 10.6 Å². The molecule has 0 unspecified atom stereocenters. The summed E-state index contributed by atoms with van der Waals surface area (Å²) in [6.45, 7) is 4.09. The maximum atomic E-state index is 12.1. The van der Waals surface area contributed by atoms with E-state index in [1.54, 1.807) is 5.57 Å². The Labute approximate surface area is 117 Å². The quantitative estimate of drug-likeness (QED) is 0.767. The summed E-state index contributed by atoms with van der Waals surface area (Å²) in [7, 11) is 0. The molecule has 2 fully saturated rings. The van der Waals surface area contributed by atoms with Crippen LogP contribution < -0.4 is 10.6 Å². The summed E-state index contributed by atoms with van der Waals surface area (Å²) in [6, 6.07) is 0.275. The fourth-order valence-electron chi connectivity index (χ4n) is 3.06.